The number of benzene rings is 1. The van der Waals surface area contributed by atoms with Gasteiger partial charge in [-0.05, 0) is 49.3 Å². The van der Waals surface area contributed by atoms with Crippen LogP contribution in [0.1, 0.15) is 24.8 Å². The second-order valence-electron chi connectivity index (χ2n) is 6.08. The number of rotatable bonds is 4. The van der Waals surface area contributed by atoms with E-state index < -0.39 is 10.0 Å². The van der Waals surface area contributed by atoms with Crippen molar-refractivity contribution in [2.24, 2.45) is 17.8 Å². The highest BCUT2D eigenvalue weighted by Gasteiger charge is 2.48. The monoisotopic (exact) mass is 340 g/mol. The van der Waals surface area contributed by atoms with Crippen molar-refractivity contribution in [3.63, 3.8) is 0 Å². The van der Waals surface area contributed by atoms with Crippen molar-refractivity contribution in [1.29, 1.82) is 5.26 Å². The van der Waals surface area contributed by atoms with Gasteiger partial charge in [-0.25, -0.2) is 13.1 Å². The van der Waals surface area contributed by atoms with E-state index in [1.54, 1.807) is 0 Å². The fourth-order valence-electron chi connectivity index (χ4n) is 3.86. The summed E-state index contributed by atoms with van der Waals surface area (Å²) in [5.41, 5.74) is 0.244. The van der Waals surface area contributed by atoms with Crippen molar-refractivity contribution in [3.05, 3.63) is 28.8 Å². The van der Waals surface area contributed by atoms with Crippen LogP contribution in [0.4, 0.5) is 0 Å². The van der Waals surface area contributed by atoms with E-state index in [1.165, 1.54) is 18.2 Å². The summed E-state index contributed by atoms with van der Waals surface area (Å²) in [6, 6.07) is 5.77. The highest BCUT2D eigenvalue weighted by atomic mass is 35.5. The molecule has 2 bridgehead atoms. The van der Waals surface area contributed by atoms with E-state index in [0.29, 0.717) is 11.8 Å². The van der Waals surface area contributed by atoms with Gasteiger partial charge in [-0.2, -0.15) is 5.26 Å². The molecule has 2 fully saturated rings. The van der Waals surface area contributed by atoms with E-state index in [2.05, 4.69) is 4.72 Å². The molecule has 0 saturated heterocycles. The zero-order valence-electron chi connectivity index (χ0n) is 11.9. The van der Waals surface area contributed by atoms with Crippen LogP contribution in [-0.4, -0.2) is 26.2 Å². The molecule has 2 aliphatic carbocycles. The molecule has 2 aliphatic rings. The predicted octanol–water partition coefficient (Wildman–Crippen LogP) is 1.90. The van der Waals surface area contributed by atoms with Crippen molar-refractivity contribution in [1.82, 2.24) is 4.72 Å². The number of aliphatic hydroxyl groups is 1. The molecule has 1 aromatic carbocycles. The Hall–Kier alpha value is -1.13. The molecular weight excluding hydrogens is 324 g/mol. The zero-order valence-corrected chi connectivity index (χ0v) is 13.4. The van der Waals surface area contributed by atoms with E-state index in [1.807, 2.05) is 6.07 Å². The number of sulfonamides is 1. The van der Waals surface area contributed by atoms with Gasteiger partial charge in [0.25, 0.3) is 0 Å². The van der Waals surface area contributed by atoms with Gasteiger partial charge >= 0.3 is 0 Å². The lowest BCUT2D eigenvalue weighted by Crippen LogP contribution is -2.45. The third kappa shape index (κ3) is 2.63. The van der Waals surface area contributed by atoms with Gasteiger partial charge < -0.3 is 5.11 Å². The summed E-state index contributed by atoms with van der Waals surface area (Å²) in [5.74, 6) is 0.695. The molecule has 7 heteroatoms. The Balaban J connectivity index is 1.85. The first-order valence-corrected chi connectivity index (χ1v) is 9.15. The Labute approximate surface area is 135 Å². The minimum atomic E-state index is -3.71. The van der Waals surface area contributed by atoms with Crippen LogP contribution in [0.5, 0.6) is 0 Å². The molecule has 4 unspecified atom stereocenters. The molecule has 2 N–H and O–H groups in total. The summed E-state index contributed by atoms with van der Waals surface area (Å²) in [6.45, 7) is 0.00246. The zero-order chi connectivity index (χ0) is 15.9. The topological polar surface area (TPSA) is 90.2 Å². The average Bonchev–Trinajstić information content (AvgIpc) is 3.07. The summed E-state index contributed by atoms with van der Waals surface area (Å²) in [4.78, 5) is 0.0518. The van der Waals surface area contributed by atoms with Gasteiger partial charge in [0.05, 0.1) is 15.5 Å². The number of hydrogen-bond donors (Lipinski definition) is 2. The lowest BCUT2D eigenvalue weighted by Gasteiger charge is -2.30. The smallest absolute Gasteiger partial charge is 0.240 e. The summed E-state index contributed by atoms with van der Waals surface area (Å²) in [6.07, 6.45) is 3.05. The van der Waals surface area contributed by atoms with Gasteiger partial charge in [-0.1, -0.05) is 11.6 Å². The molecule has 0 aliphatic heterocycles. The highest BCUT2D eigenvalue weighted by molar-refractivity contribution is 7.89. The molecule has 0 amide bonds. The lowest BCUT2D eigenvalue weighted by atomic mass is 9.86. The maximum atomic E-state index is 12.5. The number of hydrogen-bond acceptors (Lipinski definition) is 4. The molecule has 0 heterocycles. The van der Waals surface area contributed by atoms with Crippen molar-refractivity contribution in [2.75, 3.05) is 6.61 Å². The normalized spacial score (nSPS) is 30.4. The lowest BCUT2D eigenvalue weighted by molar-refractivity contribution is 0.153. The highest BCUT2D eigenvalue weighted by Crippen LogP contribution is 2.48. The molecule has 1 aromatic rings. The average molecular weight is 341 g/mol. The Morgan fingerprint density at radius 3 is 2.73 bits per heavy atom. The Morgan fingerprint density at radius 2 is 2.09 bits per heavy atom. The van der Waals surface area contributed by atoms with Gasteiger partial charge in [0.15, 0.2) is 0 Å². The Kier molecular flexibility index (Phi) is 4.17. The summed E-state index contributed by atoms with van der Waals surface area (Å²) < 4.78 is 27.8. The summed E-state index contributed by atoms with van der Waals surface area (Å²) >= 11 is 5.92. The van der Waals surface area contributed by atoms with Crippen molar-refractivity contribution in [2.45, 2.75) is 30.2 Å². The largest absolute Gasteiger partial charge is 0.396 e. The predicted molar refractivity (Wildman–Crippen MR) is 81.7 cm³/mol. The van der Waals surface area contributed by atoms with Gasteiger partial charge in [-0.3, -0.25) is 0 Å². The van der Waals surface area contributed by atoms with Crippen LogP contribution in [0.15, 0.2) is 23.1 Å². The van der Waals surface area contributed by atoms with Crippen LogP contribution in [0.25, 0.3) is 0 Å². The molecule has 3 rings (SSSR count). The van der Waals surface area contributed by atoms with Crippen LogP contribution in [-0.2, 0) is 10.0 Å². The van der Waals surface area contributed by atoms with Crippen LogP contribution in [0.2, 0.25) is 5.02 Å². The molecule has 4 atom stereocenters. The SMILES string of the molecule is N#Cc1ccc(S(=O)(=O)NC2C3CCC(C3)C2CO)cc1Cl. The second kappa shape index (κ2) is 5.82. The van der Waals surface area contributed by atoms with Crippen molar-refractivity contribution >= 4 is 21.6 Å². The first kappa shape index (κ1) is 15.8. The van der Waals surface area contributed by atoms with E-state index in [-0.39, 0.29) is 34.0 Å². The van der Waals surface area contributed by atoms with Crippen LogP contribution >= 0.6 is 11.6 Å². The maximum absolute atomic E-state index is 12.5. The fourth-order valence-corrected chi connectivity index (χ4v) is 5.53. The third-order valence-electron chi connectivity index (χ3n) is 4.96. The Bertz CT molecular complexity index is 729. The minimum absolute atomic E-state index is 0.00246. The number of halogens is 1. The van der Waals surface area contributed by atoms with Gasteiger partial charge in [0.1, 0.15) is 6.07 Å². The molecule has 2 saturated carbocycles. The van der Waals surface area contributed by atoms with Gasteiger partial charge in [-0.15, -0.1) is 0 Å². The standard InChI is InChI=1S/C15H17ClN2O3S/c16-14-6-12(4-3-11(14)7-17)22(20,21)18-15-10-2-1-9(5-10)13(15)8-19/h3-4,6,9-10,13,15,18-19H,1-2,5,8H2. The number of fused-ring (bicyclic) bond motifs is 2. The molecule has 0 radical (unpaired) electrons. The molecule has 5 nitrogen and oxygen atoms in total. The first-order chi connectivity index (χ1) is 10.5. The van der Waals surface area contributed by atoms with E-state index >= 15 is 0 Å². The minimum Gasteiger partial charge on any atom is -0.396 e. The van der Waals surface area contributed by atoms with Crippen LogP contribution in [0.3, 0.4) is 0 Å². The molecule has 118 valence electrons. The number of aliphatic hydroxyl groups excluding tert-OH is 1. The summed E-state index contributed by atoms with van der Waals surface area (Å²) in [5, 5.41) is 18.5. The Morgan fingerprint density at radius 1 is 1.36 bits per heavy atom. The van der Waals surface area contributed by atoms with Crippen molar-refractivity contribution < 1.29 is 13.5 Å². The van der Waals surface area contributed by atoms with E-state index in [9.17, 15) is 13.5 Å². The van der Waals surface area contributed by atoms with E-state index in [4.69, 9.17) is 16.9 Å². The van der Waals surface area contributed by atoms with Crippen molar-refractivity contribution in [3.8, 4) is 6.07 Å². The number of nitriles is 1. The van der Waals surface area contributed by atoms with E-state index in [0.717, 1.165) is 19.3 Å². The quantitative estimate of drug-likeness (QED) is 0.875. The third-order valence-corrected chi connectivity index (χ3v) is 6.73. The van der Waals surface area contributed by atoms with Gasteiger partial charge in [0.2, 0.25) is 10.0 Å². The maximum Gasteiger partial charge on any atom is 0.240 e. The molecular formula is C15H17ClN2O3S. The molecule has 22 heavy (non-hydrogen) atoms. The fraction of sp³-hybridized carbons (Fsp3) is 0.533. The first-order valence-electron chi connectivity index (χ1n) is 7.29. The molecule has 0 aromatic heterocycles. The number of nitrogens with one attached hydrogen (secondary N) is 1. The summed E-state index contributed by atoms with van der Waals surface area (Å²) in [7, 11) is -3.71. The second-order valence-corrected chi connectivity index (χ2v) is 8.20. The number of nitrogens with zero attached hydrogens (tertiary/aromatic N) is 1. The van der Waals surface area contributed by atoms with Gasteiger partial charge in [0, 0.05) is 18.6 Å². The van der Waals surface area contributed by atoms with Crippen LogP contribution in [0, 0.1) is 29.1 Å². The van der Waals surface area contributed by atoms with Crippen LogP contribution < -0.4 is 4.72 Å². The molecule has 0 spiro atoms.